The molecule has 0 aliphatic heterocycles. The highest BCUT2D eigenvalue weighted by molar-refractivity contribution is 5.81. The Balaban J connectivity index is 4.15. The molecule has 0 aromatic heterocycles. The van der Waals surface area contributed by atoms with E-state index in [9.17, 15) is 22.4 Å². The van der Waals surface area contributed by atoms with Crippen LogP contribution in [-0.2, 0) is 9.53 Å². The molecule has 0 saturated carbocycles. The molecule has 0 amide bonds. The molecule has 0 radical (unpaired) electrons. The van der Waals surface area contributed by atoms with Crippen LogP contribution in [0.25, 0.3) is 0 Å². The summed E-state index contributed by atoms with van der Waals surface area (Å²) in [6.07, 6.45) is -8.72. The van der Waals surface area contributed by atoms with Crippen molar-refractivity contribution in [1.29, 1.82) is 0 Å². The Kier molecular flexibility index (Phi) is 5.56. The number of rotatable bonds is 6. The molecule has 4 nitrogen and oxygen atoms in total. The van der Waals surface area contributed by atoms with E-state index in [2.05, 4.69) is 11.3 Å². The van der Waals surface area contributed by atoms with Crippen molar-refractivity contribution in [2.45, 2.75) is 37.6 Å². The van der Waals surface area contributed by atoms with Crippen molar-refractivity contribution in [1.82, 2.24) is 0 Å². The molecule has 0 aliphatic carbocycles. The summed E-state index contributed by atoms with van der Waals surface area (Å²) in [6, 6.07) is -3.73. The second kappa shape index (κ2) is 5.97. The van der Waals surface area contributed by atoms with E-state index in [4.69, 9.17) is 10.2 Å². The summed E-state index contributed by atoms with van der Waals surface area (Å²) in [5, 5.41) is 17.8. The van der Waals surface area contributed by atoms with Crippen LogP contribution in [0.3, 0.4) is 0 Å². The lowest BCUT2D eigenvalue weighted by atomic mass is 10.1. The van der Waals surface area contributed by atoms with Crippen LogP contribution in [0.2, 0.25) is 0 Å². The molecule has 2 atom stereocenters. The molecular weight excluding hydrogens is 248 g/mol. The minimum absolute atomic E-state index is 0.535. The van der Waals surface area contributed by atoms with Crippen molar-refractivity contribution >= 4 is 5.97 Å². The van der Waals surface area contributed by atoms with E-state index in [0.29, 0.717) is 6.08 Å². The first kappa shape index (κ1) is 15.9. The minimum atomic E-state index is -4.44. The fourth-order valence-corrected chi connectivity index (χ4v) is 0.925. The molecule has 2 N–H and O–H groups in total. The molecule has 0 spiro atoms. The molecule has 2 unspecified atom stereocenters. The molecule has 0 aliphatic rings. The highest BCUT2D eigenvalue weighted by Crippen LogP contribution is 2.25. The standard InChI is InChI=1S/C9H12F4O4/c1-2-7(15)17-9(13,16)6(14)4-3-5-8(10,11)12/h2,6,14,16H,1,3-5H2. The van der Waals surface area contributed by atoms with Crippen molar-refractivity contribution in [3.05, 3.63) is 12.7 Å². The second-order valence-electron chi connectivity index (χ2n) is 3.26. The van der Waals surface area contributed by atoms with Crippen molar-refractivity contribution in [3.63, 3.8) is 0 Å². The molecule has 0 saturated heterocycles. The maximum absolute atomic E-state index is 13.1. The van der Waals surface area contributed by atoms with E-state index < -0.39 is 43.6 Å². The number of hydrogen-bond acceptors (Lipinski definition) is 4. The molecule has 8 heteroatoms. The number of carbonyl (C=O) groups is 1. The summed E-state index contributed by atoms with van der Waals surface area (Å²) in [7, 11) is 0. The maximum atomic E-state index is 13.1. The highest BCUT2D eigenvalue weighted by Gasteiger charge is 2.40. The van der Waals surface area contributed by atoms with Gasteiger partial charge in [0.2, 0.25) is 0 Å². The third kappa shape index (κ3) is 6.90. The van der Waals surface area contributed by atoms with Crippen molar-refractivity contribution in [2.24, 2.45) is 0 Å². The predicted molar refractivity (Wildman–Crippen MR) is 48.3 cm³/mol. The first-order chi connectivity index (χ1) is 7.58. The Bertz CT molecular complexity index is 275. The molecule has 0 bridgehead atoms. The average molecular weight is 260 g/mol. The first-order valence-corrected chi connectivity index (χ1v) is 4.60. The summed E-state index contributed by atoms with van der Waals surface area (Å²) in [4.78, 5) is 10.5. The lowest BCUT2D eigenvalue weighted by Gasteiger charge is -2.23. The smallest absolute Gasteiger partial charge is 0.389 e. The van der Waals surface area contributed by atoms with Gasteiger partial charge in [-0.3, -0.25) is 0 Å². The number of aliphatic hydroxyl groups excluding tert-OH is 1. The van der Waals surface area contributed by atoms with Crippen LogP contribution in [0, 0.1) is 0 Å². The fraction of sp³-hybridized carbons (Fsp3) is 0.667. The van der Waals surface area contributed by atoms with Crippen molar-refractivity contribution in [3.8, 4) is 0 Å². The van der Waals surface area contributed by atoms with Gasteiger partial charge >= 0.3 is 18.2 Å². The number of alkyl halides is 4. The largest absolute Gasteiger partial charge is 0.399 e. The number of aliphatic hydroxyl groups is 2. The van der Waals surface area contributed by atoms with Crippen LogP contribution >= 0.6 is 0 Å². The minimum Gasteiger partial charge on any atom is -0.399 e. The van der Waals surface area contributed by atoms with Crippen LogP contribution in [0.5, 0.6) is 0 Å². The quantitative estimate of drug-likeness (QED) is 0.328. The van der Waals surface area contributed by atoms with Crippen LogP contribution < -0.4 is 0 Å². The normalized spacial score (nSPS) is 17.1. The highest BCUT2D eigenvalue weighted by atomic mass is 19.4. The van der Waals surface area contributed by atoms with Gasteiger partial charge in [-0.15, -0.1) is 0 Å². The van der Waals surface area contributed by atoms with Gasteiger partial charge in [-0.05, 0) is 12.8 Å². The van der Waals surface area contributed by atoms with E-state index in [1.807, 2.05) is 0 Å². The van der Waals surface area contributed by atoms with Crippen LogP contribution in [0.1, 0.15) is 19.3 Å². The van der Waals surface area contributed by atoms with Crippen LogP contribution in [0.4, 0.5) is 17.6 Å². The fourth-order valence-electron chi connectivity index (χ4n) is 0.925. The first-order valence-electron chi connectivity index (χ1n) is 4.60. The number of ether oxygens (including phenoxy) is 1. The Morgan fingerprint density at radius 1 is 1.41 bits per heavy atom. The molecule has 17 heavy (non-hydrogen) atoms. The number of hydrogen-bond donors (Lipinski definition) is 2. The number of esters is 1. The zero-order valence-electron chi connectivity index (χ0n) is 8.71. The van der Waals surface area contributed by atoms with E-state index >= 15 is 0 Å². The van der Waals surface area contributed by atoms with Crippen molar-refractivity contribution in [2.75, 3.05) is 0 Å². The third-order valence-corrected chi connectivity index (χ3v) is 1.76. The van der Waals surface area contributed by atoms with E-state index in [0.717, 1.165) is 0 Å². The van der Waals surface area contributed by atoms with Crippen molar-refractivity contribution < 1.29 is 37.3 Å². The van der Waals surface area contributed by atoms with E-state index in [1.165, 1.54) is 0 Å². The summed E-state index contributed by atoms with van der Waals surface area (Å²) >= 11 is 0. The summed E-state index contributed by atoms with van der Waals surface area (Å²) in [6.45, 7) is 2.92. The Morgan fingerprint density at radius 3 is 2.35 bits per heavy atom. The molecule has 0 rings (SSSR count). The van der Waals surface area contributed by atoms with Gasteiger partial charge < -0.3 is 14.9 Å². The van der Waals surface area contributed by atoms with Gasteiger partial charge in [0.05, 0.1) is 0 Å². The van der Waals surface area contributed by atoms with Crippen LogP contribution in [-0.4, -0.2) is 34.5 Å². The Morgan fingerprint density at radius 2 is 1.94 bits per heavy atom. The van der Waals surface area contributed by atoms with E-state index in [-0.39, 0.29) is 0 Å². The van der Waals surface area contributed by atoms with Gasteiger partial charge in [-0.1, -0.05) is 6.58 Å². The number of carbonyl (C=O) groups excluding carboxylic acids is 1. The van der Waals surface area contributed by atoms with Gasteiger partial charge in [0, 0.05) is 12.5 Å². The van der Waals surface area contributed by atoms with Gasteiger partial charge in [0.15, 0.2) is 6.10 Å². The Hall–Kier alpha value is -1.15. The SMILES string of the molecule is C=CC(=O)OC(O)(F)C(O)CCCC(F)(F)F. The Labute approximate surface area is 94.5 Å². The molecule has 0 heterocycles. The molecule has 0 aromatic carbocycles. The predicted octanol–water partition coefficient (Wildman–Crippen LogP) is 1.42. The van der Waals surface area contributed by atoms with Crippen LogP contribution in [0.15, 0.2) is 12.7 Å². The topological polar surface area (TPSA) is 66.8 Å². The maximum Gasteiger partial charge on any atom is 0.389 e. The van der Waals surface area contributed by atoms with Gasteiger partial charge in [-0.2, -0.15) is 17.6 Å². The lowest BCUT2D eigenvalue weighted by molar-refractivity contribution is -0.315. The summed E-state index contributed by atoms with van der Waals surface area (Å²) in [5.41, 5.74) is 0. The summed E-state index contributed by atoms with van der Waals surface area (Å²) in [5.74, 6) is -1.34. The summed E-state index contributed by atoms with van der Waals surface area (Å²) < 4.78 is 52.0. The molecule has 0 fully saturated rings. The second-order valence-corrected chi connectivity index (χ2v) is 3.26. The average Bonchev–Trinajstić information content (AvgIpc) is 2.14. The zero-order chi connectivity index (χ0) is 13.7. The lowest BCUT2D eigenvalue weighted by Crippen LogP contribution is -2.42. The monoisotopic (exact) mass is 260 g/mol. The van der Waals surface area contributed by atoms with Gasteiger partial charge in [0.1, 0.15) is 0 Å². The molecule has 100 valence electrons. The molecule has 0 aromatic rings. The van der Waals surface area contributed by atoms with E-state index in [1.54, 1.807) is 0 Å². The molecular formula is C9H12F4O4. The van der Waals surface area contributed by atoms with Gasteiger partial charge in [0.25, 0.3) is 0 Å². The van der Waals surface area contributed by atoms with Gasteiger partial charge in [-0.25, -0.2) is 4.79 Å². The number of halogens is 4. The third-order valence-electron chi connectivity index (χ3n) is 1.76. The zero-order valence-corrected chi connectivity index (χ0v) is 8.71.